The molecule has 0 spiro atoms. The number of hydrogen-bond acceptors (Lipinski definition) is 7. The van der Waals surface area contributed by atoms with Gasteiger partial charge in [-0.3, -0.25) is 4.79 Å². The van der Waals surface area contributed by atoms with Gasteiger partial charge in [0.25, 0.3) is 5.91 Å². The van der Waals surface area contributed by atoms with Gasteiger partial charge in [-0.15, -0.1) is 13.2 Å². The third kappa shape index (κ3) is 4.96. The Morgan fingerprint density at radius 3 is 2.31 bits per heavy atom. The van der Waals surface area contributed by atoms with E-state index in [2.05, 4.69) is 9.72 Å². The van der Waals surface area contributed by atoms with Crippen LogP contribution in [0.1, 0.15) is 10.4 Å². The first-order valence-corrected chi connectivity index (χ1v) is 12.2. The van der Waals surface area contributed by atoms with Crippen LogP contribution in [0.2, 0.25) is 0 Å². The summed E-state index contributed by atoms with van der Waals surface area (Å²) in [7, 11) is -3.33. The summed E-state index contributed by atoms with van der Waals surface area (Å²) in [5.41, 5.74) is 0.979. The maximum atomic E-state index is 12.7. The van der Waals surface area contributed by atoms with Gasteiger partial charge in [-0.1, -0.05) is 11.3 Å². The molecule has 4 rings (SSSR count). The van der Waals surface area contributed by atoms with Crippen molar-refractivity contribution in [2.24, 2.45) is 0 Å². The van der Waals surface area contributed by atoms with Gasteiger partial charge in [-0.2, -0.15) is 0 Å². The Labute approximate surface area is 185 Å². The number of hydrogen-bond donors (Lipinski definition) is 0. The van der Waals surface area contributed by atoms with Crippen LogP contribution in [-0.2, 0) is 9.84 Å². The van der Waals surface area contributed by atoms with Gasteiger partial charge < -0.3 is 14.5 Å². The van der Waals surface area contributed by atoms with Crippen molar-refractivity contribution >= 4 is 42.4 Å². The first-order valence-electron chi connectivity index (χ1n) is 9.50. The molecule has 7 nitrogen and oxygen atoms in total. The molecule has 170 valence electrons. The minimum absolute atomic E-state index is 0.151. The van der Waals surface area contributed by atoms with E-state index in [1.54, 1.807) is 4.90 Å². The SMILES string of the molecule is CS(=O)(=O)c1ccc(C(=O)N2CCN(c3nc4ccc(OC(F)(F)F)cc4s3)CC2)cc1. The van der Waals surface area contributed by atoms with Crippen molar-refractivity contribution in [3.05, 3.63) is 48.0 Å². The predicted octanol–water partition coefficient (Wildman–Crippen LogP) is 3.56. The standard InChI is InChI=1S/C20H18F3N3O4S2/c1-32(28,29)15-5-2-13(3-6-15)18(27)25-8-10-26(11-9-25)19-24-16-7-4-14(12-17(16)31-19)30-20(21,22)23/h2-7,12H,8-11H2,1H3. The Morgan fingerprint density at radius 2 is 1.72 bits per heavy atom. The zero-order valence-electron chi connectivity index (χ0n) is 16.8. The number of anilines is 1. The van der Waals surface area contributed by atoms with Gasteiger partial charge in [0.05, 0.1) is 15.1 Å². The number of rotatable bonds is 4. The van der Waals surface area contributed by atoms with E-state index in [4.69, 9.17) is 0 Å². The molecule has 0 N–H and O–H groups in total. The number of halogens is 3. The average molecular weight is 486 g/mol. The number of sulfone groups is 1. The molecule has 32 heavy (non-hydrogen) atoms. The Bertz CT molecular complexity index is 1250. The molecule has 1 aromatic heterocycles. The number of piperazine rings is 1. The number of carbonyl (C=O) groups is 1. The molecule has 1 fully saturated rings. The fraction of sp³-hybridized carbons (Fsp3) is 0.300. The Morgan fingerprint density at radius 1 is 1.06 bits per heavy atom. The van der Waals surface area contributed by atoms with Crippen LogP contribution >= 0.6 is 11.3 Å². The summed E-state index contributed by atoms with van der Waals surface area (Å²) in [6, 6.07) is 9.84. The second kappa shape index (κ2) is 8.24. The normalized spacial score (nSPS) is 15.2. The van der Waals surface area contributed by atoms with Crippen molar-refractivity contribution in [1.29, 1.82) is 0 Å². The largest absolute Gasteiger partial charge is 0.573 e. The summed E-state index contributed by atoms with van der Waals surface area (Å²) in [4.78, 5) is 21.0. The highest BCUT2D eigenvalue weighted by atomic mass is 32.2. The summed E-state index contributed by atoms with van der Waals surface area (Å²) in [5, 5.41) is 0.661. The average Bonchev–Trinajstić information content (AvgIpc) is 3.15. The highest BCUT2D eigenvalue weighted by molar-refractivity contribution is 7.90. The number of amides is 1. The molecule has 0 unspecified atom stereocenters. The van der Waals surface area contributed by atoms with E-state index < -0.39 is 16.2 Å². The quantitative estimate of drug-likeness (QED) is 0.562. The molecule has 2 heterocycles. The molecule has 0 saturated carbocycles. The lowest BCUT2D eigenvalue weighted by Crippen LogP contribution is -2.48. The summed E-state index contributed by atoms with van der Waals surface area (Å²) >= 11 is 1.26. The number of aromatic nitrogens is 1. The van der Waals surface area contributed by atoms with Crippen LogP contribution in [0.4, 0.5) is 18.3 Å². The number of ether oxygens (including phenoxy) is 1. The van der Waals surface area contributed by atoms with Crippen LogP contribution in [0.25, 0.3) is 10.2 Å². The second-order valence-corrected chi connectivity index (χ2v) is 10.3. The topological polar surface area (TPSA) is 79.8 Å². The van der Waals surface area contributed by atoms with E-state index in [0.29, 0.717) is 47.1 Å². The lowest BCUT2D eigenvalue weighted by atomic mass is 10.2. The number of carbonyl (C=O) groups excluding carboxylic acids is 1. The van der Waals surface area contributed by atoms with Gasteiger partial charge in [0.1, 0.15) is 5.75 Å². The molecule has 0 atom stereocenters. The van der Waals surface area contributed by atoms with Crippen molar-refractivity contribution in [3.8, 4) is 5.75 Å². The smallest absolute Gasteiger partial charge is 0.406 e. The molecule has 1 saturated heterocycles. The zero-order chi connectivity index (χ0) is 23.1. The fourth-order valence-electron chi connectivity index (χ4n) is 3.35. The number of thiazole rings is 1. The number of nitrogens with zero attached hydrogens (tertiary/aromatic N) is 3. The van der Waals surface area contributed by atoms with Crippen molar-refractivity contribution < 1.29 is 31.1 Å². The van der Waals surface area contributed by atoms with Crippen LogP contribution < -0.4 is 9.64 Å². The predicted molar refractivity (Wildman–Crippen MR) is 114 cm³/mol. The zero-order valence-corrected chi connectivity index (χ0v) is 18.4. The molecule has 0 aliphatic carbocycles. The minimum atomic E-state index is -4.75. The van der Waals surface area contributed by atoms with E-state index in [-0.39, 0.29) is 16.6 Å². The van der Waals surface area contributed by atoms with E-state index in [1.807, 2.05) is 4.90 Å². The molecule has 1 aliphatic heterocycles. The summed E-state index contributed by atoms with van der Waals surface area (Å²) in [6.07, 6.45) is -3.65. The highest BCUT2D eigenvalue weighted by Crippen LogP contribution is 2.33. The summed E-state index contributed by atoms with van der Waals surface area (Å²) in [6.45, 7) is 1.90. The molecule has 1 amide bonds. The number of alkyl halides is 3. The van der Waals surface area contributed by atoms with Crippen LogP contribution in [0.15, 0.2) is 47.4 Å². The Hall–Kier alpha value is -2.86. The fourth-order valence-corrected chi connectivity index (χ4v) is 5.03. The van der Waals surface area contributed by atoms with Gasteiger partial charge in [-0.05, 0) is 36.4 Å². The van der Waals surface area contributed by atoms with Crippen molar-refractivity contribution in [3.63, 3.8) is 0 Å². The molecular weight excluding hydrogens is 467 g/mol. The molecule has 0 radical (unpaired) electrons. The maximum absolute atomic E-state index is 12.7. The van der Waals surface area contributed by atoms with Crippen molar-refractivity contribution in [2.75, 3.05) is 37.3 Å². The Balaban J connectivity index is 1.42. The van der Waals surface area contributed by atoms with Gasteiger partial charge in [0.2, 0.25) is 0 Å². The molecular formula is C20H18F3N3O4S2. The Kier molecular flexibility index (Phi) is 5.76. The minimum Gasteiger partial charge on any atom is -0.406 e. The van der Waals surface area contributed by atoms with Crippen molar-refractivity contribution in [2.45, 2.75) is 11.3 Å². The monoisotopic (exact) mass is 485 g/mol. The van der Waals surface area contributed by atoms with Gasteiger partial charge in [-0.25, -0.2) is 13.4 Å². The van der Waals surface area contributed by atoms with Crippen molar-refractivity contribution in [1.82, 2.24) is 9.88 Å². The molecule has 2 aromatic carbocycles. The molecule has 1 aliphatic rings. The summed E-state index contributed by atoms with van der Waals surface area (Å²) in [5.74, 6) is -0.486. The summed E-state index contributed by atoms with van der Waals surface area (Å²) < 4.78 is 65.0. The van der Waals surface area contributed by atoms with Crippen LogP contribution in [-0.4, -0.2) is 63.0 Å². The van der Waals surface area contributed by atoms with E-state index in [1.165, 1.54) is 53.8 Å². The number of fused-ring (bicyclic) bond motifs is 1. The first kappa shape index (κ1) is 22.3. The van der Waals surface area contributed by atoms with E-state index in [9.17, 15) is 26.4 Å². The maximum Gasteiger partial charge on any atom is 0.573 e. The van der Waals surface area contributed by atoms with E-state index >= 15 is 0 Å². The third-order valence-electron chi connectivity index (χ3n) is 4.95. The lowest BCUT2D eigenvalue weighted by molar-refractivity contribution is -0.274. The van der Waals surface area contributed by atoms with Gasteiger partial charge >= 0.3 is 6.36 Å². The molecule has 0 bridgehead atoms. The highest BCUT2D eigenvalue weighted by Gasteiger charge is 2.31. The second-order valence-electron chi connectivity index (χ2n) is 7.25. The van der Waals surface area contributed by atoms with Crippen LogP contribution in [0.5, 0.6) is 5.75 Å². The van der Waals surface area contributed by atoms with E-state index in [0.717, 1.165) is 6.26 Å². The first-order chi connectivity index (χ1) is 15.0. The van der Waals surface area contributed by atoms with Gasteiger partial charge in [0, 0.05) is 44.1 Å². The molecule has 12 heteroatoms. The third-order valence-corrected chi connectivity index (χ3v) is 7.16. The van der Waals surface area contributed by atoms with Crippen LogP contribution in [0.3, 0.4) is 0 Å². The lowest BCUT2D eigenvalue weighted by Gasteiger charge is -2.34. The number of benzene rings is 2. The molecule has 3 aromatic rings. The van der Waals surface area contributed by atoms with Gasteiger partial charge in [0.15, 0.2) is 15.0 Å². The van der Waals surface area contributed by atoms with Crippen LogP contribution in [0, 0.1) is 0 Å².